The largest absolute Gasteiger partial charge is 0.393 e. The van der Waals surface area contributed by atoms with Crippen LogP contribution in [0.5, 0.6) is 0 Å². The van der Waals surface area contributed by atoms with E-state index in [-0.39, 0.29) is 24.2 Å². The molecule has 0 aliphatic carbocycles. The van der Waals surface area contributed by atoms with Crippen molar-refractivity contribution in [1.29, 1.82) is 0 Å². The van der Waals surface area contributed by atoms with Crippen LogP contribution in [0.25, 0.3) is 0 Å². The lowest BCUT2D eigenvalue weighted by atomic mass is 9.89. The van der Waals surface area contributed by atoms with E-state index in [9.17, 15) is 9.59 Å². The highest BCUT2D eigenvalue weighted by Crippen LogP contribution is 2.27. The van der Waals surface area contributed by atoms with Crippen molar-refractivity contribution < 1.29 is 14.3 Å². The summed E-state index contributed by atoms with van der Waals surface area (Å²) in [5.41, 5.74) is 0. The number of hydrogen-bond donors (Lipinski definition) is 0. The normalized spacial score (nSPS) is 20.5. The first kappa shape index (κ1) is 14.7. The quantitative estimate of drug-likeness (QED) is 0.395. The summed E-state index contributed by atoms with van der Waals surface area (Å²) in [5.74, 6) is -1.13. The molecule has 1 aliphatic rings. The van der Waals surface area contributed by atoms with Gasteiger partial charge in [-0.05, 0) is 12.8 Å². The Hall–Kier alpha value is -1.38. The number of cyclic esters (lactones) is 2. The first-order chi connectivity index (χ1) is 8.69. The number of allylic oxidation sites excluding steroid dienone is 4. The molecule has 0 aromatic rings. The van der Waals surface area contributed by atoms with E-state index >= 15 is 0 Å². The molecule has 100 valence electrons. The second kappa shape index (κ2) is 7.85. The maximum atomic E-state index is 11.6. The number of rotatable bonds is 7. The topological polar surface area (TPSA) is 43.4 Å². The van der Waals surface area contributed by atoms with Gasteiger partial charge in [0.25, 0.3) is 0 Å². The lowest BCUT2D eigenvalue weighted by molar-refractivity contribution is -0.153. The Morgan fingerprint density at radius 1 is 1.17 bits per heavy atom. The van der Waals surface area contributed by atoms with Crippen molar-refractivity contribution in [2.45, 2.75) is 46.0 Å². The highest BCUT2D eigenvalue weighted by atomic mass is 16.6. The fourth-order valence-corrected chi connectivity index (χ4v) is 1.96. The van der Waals surface area contributed by atoms with Gasteiger partial charge in [-0.25, -0.2) is 0 Å². The van der Waals surface area contributed by atoms with Gasteiger partial charge in [0, 0.05) is 5.92 Å². The van der Waals surface area contributed by atoms with Gasteiger partial charge in [-0.3, -0.25) is 9.59 Å². The Labute approximate surface area is 109 Å². The fourth-order valence-electron chi connectivity index (χ4n) is 1.96. The molecule has 0 amide bonds. The summed E-state index contributed by atoms with van der Waals surface area (Å²) in [4.78, 5) is 22.7. The van der Waals surface area contributed by atoms with Crippen LogP contribution in [0.2, 0.25) is 0 Å². The molecular formula is C15H22O3. The third-order valence-electron chi connectivity index (χ3n) is 3.00. The summed E-state index contributed by atoms with van der Waals surface area (Å²) in [6.45, 7) is 4.22. The highest BCUT2D eigenvalue weighted by molar-refractivity contribution is 5.95. The maximum absolute atomic E-state index is 11.6. The molecule has 0 saturated carbocycles. The number of carbonyl (C=O) groups is 2. The molecule has 0 N–H and O–H groups in total. The molecule has 1 unspecified atom stereocenters. The molecule has 0 radical (unpaired) electrons. The van der Waals surface area contributed by atoms with Crippen LogP contribution in [-0.4, -0.2) is 11.9 Å². The van der Waals surface area contributed by atoms with Gasteiger partial charge < -0.3 is 4.74 Å². The van der Waals surface area contributed by atoms with Crippen molar-refractivity contribution in [3.63, 3.8) is 0 Å². The van der Waals surface area contributed by atoms with Gasteiger partial charge in [-0.2, -0.15) is 0 Å². The minimum Gasteiger partial charge on any atom is -0.393 e. The average molecular weight is 250 g/mol. The molecule has 0 bridgehead atoms. The van der Waals surface area contributed by atoms with E-state index < -0.39 is 5.97 Å². The zero-order valence-corrected chi connectivity index (χ0v) is 11.2. The first-order valence-electron chi connectivity index (χ1n) is 6.76. The maximum Gasteiger partial charge on any atom is 0.318 e. The minimum atomic E-state index is -0.400. The second-order valence-electron chi connectivity index (χ2n) is 4.61. The van der Waals surface area contributed by atoms with Crippen molar-refractivity contribution >= 4 is 11.9 Å². The monoisotopic (exact) mass is 250 g/mol. The van der Waals surface area contributed by atoms with E-state index in [1.807, 2.05) is 12.2 Å². The van der Waals surface area contributed by atoms with Gasteiger partial charge in [0.15, 0.2) is 0 Å². The Kier molecular flexibility index (Phi) is 6.40. The SMILES string of the molecule is CCC/C=C\C(/C=C\CCC)C1CC(=O)OC1=O. The number of carbonyl (C=O) groups excluding carboxylic acids is 2. The van der Waals surface area contributed by atoms with Crippen molar-refractivity contribution in [2.24, 2.45) is 11.8 Å². The minimum absolute atomic E-state index is 0.0120. The van der Waals surface area contributed by atoms with Crippen LogP contribution in [0.4, 0.5) is 0 Å². The van der Waals surface area contributed by atoms with Crippen LogP contribution >= 0.6 is 0 Å². The van der Waals surface area contributed by atoms with Crippen LogP contribution < -0.4 is 0 Å². The Bertz CT molecular complexity index is 326. The predicted octanol–water partition coefficient (Wildman–Crippen LogP) is 3.40. The summed E-state index contributed by atoms with van der Waals surface area (Å²) in [5, 5.41) is 0. The van der Waals surface area contributed by atoms with Gasteiger partial charge in [0.2, 0.25) is 0 Å². The molecule has 3 nitrogen and oxygen atoms in total. The van der Waals surface area contributed by atoms with Crippen molar-refractivity contribution in [2.75, 3.05) is 0 Å². The molecule has 3 heteroatoms. The zero-order valence-electron chi connectivity index (χ0n) is 11.2. The van der Waals surface area contributed by atoms with Gasteiger partial charge in [0.05, 0.1) is 12.3 Å². The Morgan fingerprint density at radius 2 is 1.72 bits per heavy atom. The predicted molar refractivity (Wildman–Crippen MR) is 70.8 cm³/mol. The van der Waals surface area contributed by atoms with Gasteiger partial charge >= 0.3 is 11.9 Å². The molecule has 1 fully saturated rings. The summed E-state index contributed by atoms with van der Waals surface area (Å²) in [7, 11) is 0. The third kappa shape index (κ3) is 4.47. The smallest absolute Gasteiger partial charge is 0.318 e. The standard InChI is InChI=1S/C15H22O3/c1-3-5-7-9-12(10-8-6-4-2)13-11-14(16)18-15(13)17/h7-10,12-13H,3-6,11H2,1-2H3/b9-7-,10-8-. The van der Waals surface area contributed by atoms with Crippen molar-refractivity contribution in [1.82, 2.24) is 0 Å². The summed E-state index contributed by atoms with van der Waals surface area (Å²) in [6, 6.07) is 0. The molecule has 1 heterocycles. The van der Waals surface area contributed by atoms with Gasteiger partial charge in [0.1, 0.15) is 0 Å². The van der Waals surface area contributed by atoms with Crippen molar-refractivity contribution in [3.8, 4) is 0 Å². The zero-order chi connectivity index (χ0) is 13.4. The lowest BCUT2D eigenvalue weighted by Gasteiger charge is -2.11. The van der Waals surface area contributed by atoms with Crippen LogP contribution in [0.15, 0.2) is 24.3 Å². The Morgan fingerprint density at radius 3 is 2.11 bits per heavy atom. The fraction of sp³-hybridized carbons (Fsp3) is 0.600. The van der Waals surface area contributed by atoms with Crippen molar-refractivity contribution in [3.05, 3.63) is 24.3 Å². The number of esters is 2. The van der Waals surface area contributed by atoms with Crippen LogP contribution in [0, 0.1) is 11.8 Å². The van der Waals surface area contributed by atoms with Crippen LogP contribution in [-0.2, 0) is 14.3 Å². The highest BCUT2D eigenvalue weighted by Gasteiger charge is 2.37. The molecule has 0 spiro atoms. The Balaban J connectivity index is 2.69. The molecule has 1 saturated heterocycles. The summed E-state index contributed by atoms with van der Waals surface area (Å²) < 4.78 is 4.62. The molecule has 18 heavy (non-hydrogen) atoms. The number of unbranched alkanes of at least 4 members (excludes halogenated alkanes) is 2. The lowest BCUT2D eigenvalue weighted by Crippen LogP contribution is -2.16. The second-order valence-corrected chi connectivity index (χ2v) is 4.61. The molecule has 0 aromatic carbocycles. The molecule has 1 atom stereocenters. The van der Waals surface area contributed by atoms with E-state index in [2.05, 4.69) is 30.7 Å². The van der Waals surface area contributed by atoms with Gasteiger partial charge in [-0.15, -0.1) is 0 Å². The first-order valence-corrected chi connectivity index (χ1v) is 6.76. The van der Waals surface area contributed by atoms with Crippen LogP contribution in [0.1, 0.15) is 46.0 Å². The van der Waals surface area contributed by atoms with E-state index in [4.69, 9.17) is 0 Å². The van der Waals surface area contributed by atoms with E-state index in [1.165, 1.54) is 0 Å². The van der Waals surface area contributed by atoms with Crippen LogP contribution in [0.3, 0.4) is 0 Å². The van der Waals surface area contributed by atoms with E-state index in [1.54, 1.807) is 0 Å². The number of ether oxygens (including phenoxy) is 1. The summed E-state index contributed by atoms with van der Waals surface area (Å²) in [6.07, 6.45) is 12.6. The van der Waals surface area contributed by atoms with E-state index in [0.717, 1.165) is 25.7 Å². The number of hydrogen-bond acceptors (Lipinski definition) is 3. The van der Waals surface area contributed by atoms with E-state index in [0.29, 0.717) is 0 Å². The molecule has 1 aliphatic heterocycles. The summed E-state index contributed by atoms with van der Waals surface area (Å²) >= 11 is 0. The molecule has 0 aromatic heterocycles. The molecule has 1 rings (SSSR count). The van der Waals surface area contributed by atoms with Gasteiger partial charge in [-0.1, -0.05) is 51.0 Å². The average Bonchev–Trinajstić information content (AvgIpc) is 2.67. The third-order valence-corrected chi connectivity index (χ3v) is 3.00. The molecular weight excluding hydrogens is 228 g/mol.